The summed E-state index contributed by atoms with van der Waals surface area (Å²) in [6, 6.07) is 4.12. The molecule has 0 fully saturated rings. The minimum atomic E-state index is -1.36. The Morgan fingerprint density at radius 2 is 1.50 bits per heavy atom. The van der Waals surface area contributed by atoms with Crippen LogP contribution in [0.15, 0.2) is 30.3 Å². The lowest BCUT2D eigenvalue weighted by Gasteiger charge is -2.27. The maximum Gasteiger partial charge on any atom is 0.327 e. The largest absolute Gasteiger partial charge is 0.480 e. The van der Waals surface area contributed by atoms with Crippen molar-refractivity contribution < 1.29 is 29.4 Å². The van der Waals surface area contributed by atoms with Gasteiger partial charge in [0.1, 0.15) is 18.1 Å². The third kappa shape index (κ3) is 8.48. The van der Waals surface area contributed by atoms with E-state index in [9.17, 15) is 29.4 Å². The molecule has 178 valence electrons. The van der Waals surface area contributed by atoms with Crippen molar-refractivity contribution in [3.05, 3.63) is 35.9 Å². The summed E-state index contributed by atoms with van der Waals surface area (Å²) >= 11 is 3.92. The predicted molar refractivity (Wildman–Crippen MR) is 122 cm³/mol. The van der Waals surface area contributed by atoms with E-state index >= 15 is 0 Å². The second-order valence-electron chi connectivity index (χ2n) is 7.83. The topological polar surface area (TPSA) is 171 Å². The van der Waals surface area contributed by atoms with Gasteiger partial charge in [-0.25, -0.2) is 4.79 Å². The van der Waals surface area contributed by atoms with Crippen molar-refractivity contribution in [2.75, 3.05) is 5.75 Å². The van der Waals surface area contributed by atoms with Gasteiger partial charge in [0.2, 0.25) is 17.7 Å². The van der Waals surface area contributed by atoms with E-state index in [4.69, 9.17) is 5.73 Å². The van der Waals surface area contributed by atoms with Gasteiger partial charge < -0.3 is 31.9 Å². The van der Waals surface area contributed by atoms with E-state index in [2.05, 4.69) is 28.6 Å². The molecule has 11 heteroatoms. The maximum absolute atomic E-state index is 12.9. The number of aliphatic hydroxyl groups is 1. The average Bonchev–Trinajstić information content (AvgIpc) is 2.74. The third-order valence-corrected chi connectivity index (χ3v) is 5.16. The number of nitrogens with two attached hydrogens (primary N) is 1. The molecule has 0 heterocycles. The van der Waals surface area contributed by atoms with Crippen molar-refractivity contribution in [2.24, 2.45) is 11.7 Å². The molecule has 0 spiro atoms. The van der Waals surface area contributed by atoms with E-state index in [0.29, 0.717) is 5.56 Å². The first-order chi connectivity index (χ1) is 15.0. The number of carbonyl (C=O) groups excluding carboxylic acids is 3. The molecule has 7 N–H and O–H groups in total. The number of carboxylic acids is 1. The number of nitrogens with one attached hydrogen (secondary N) is 3. The van der Waals surface area contributed by atoms with Crippen molar-refractivity contribution in [1.82, 2.24) is 16.0 Å². The van der Waals surface area contributed by atoms with Crippen LogP contribution in [-0.4, -0.2) is 69.9 Å². The number of amides is 3. The second-order valence-corrected chi connectivity index (χ2v) is 8.19. The molecule has 0 saturated heterocycles. The second kappa shape index (κ2) is 13.0. The first-order valence-electron chi connectivity index (χ1n) is 10.2. The van der Waals surface area contributed by atoms with Crippen LogP contribution in [0, 0.1) is 5.92 Å². The molecule has 0 aromatic heterocycles. The van der Waals surface area contributed by atoms with Crippen molar-refractivity contribution in [3.8, 4) is 0 Å². The maximum atomic E-state index is 12.9. The number of rotatable bonds is 12. The molecule has 0 saturated carbocycles. The lowest BCUT2D eigenvalue weighted by atomic mass is 10.0. The molecule has 0 aliphatic rings. The van der Waals surface area contributed by atoms with Crippen LogP contribution in [0.1, 0.15) is 26.3 Å². The van der Waals surface area contributed by atoms with Crippen molar-refractivity contribution >= 4 is 36.3 Å². The Morgan fingerprint density at radius 1 is 0.938 bits per heavy atom. The summed E-state index contributed by atoms with van der Waals surface area (Å²) in [6.07, 6.45) is -1.22. The Hall–Kier alpha value is -2.63. The van der Waals surface area contributed by atoms with Crippen LogP contribution in [0.25, 0.3) is 0 Å². The fourth-order valence-corrected chi connectivity index (χ4v) is 2.98. The van der Waals surface area contributed by atoms with E-state index in [0.717, 1.165) is 0 Å². The highest BCUT2D eigenvalue weighted by Gasteiger charge is 2.32. The van der Waals surface area contributed by atoms with E-state index in [1.54, 1.807) is 44.2 Å². The van der Waals surface area contributed by atoms with Crippen LogP contribution in [0.2, 0.25) is 0 Å². The zero-order valence-corrected chi connectivity index (χ0v) is 19.2. The molecule has 1 rings (SSSR count). The summed E-state index contributed by atoms with van der Waals surface area (Å²) in [5.74, 6) is -3.78. The Labute approximate surface area is 192 Å². The van der Waals surface area contributed by atoms with Gasteiger partial charge in [-0.1, -0.05) is 44.2 Å². The van der Waals surface area contributed by atoms with Gasteiger partial charge in [0.05, 0.1) is 12.1 Å². The molecule has 0 aliphatic carbocycles. The van der Waals surface area contributed by atoms with Crippen molar-refractivity contribution in [3.63, 3.8) is 0 Å². The molecule has 5 atom stereocenters. The number of carboxylic acid groups (broad SMARTS) is 1. The van der Waals surface area contributed by atoms with Gasteiger partial charge in [0, 0.05) is 12.2 Å². The molecule has 3 amide bonds. The number of carbonyl (C=O) groups is 4. The van der Waals surface area contributed by atoms with E-state index in [1.807, 2.05) is 0 Å². The quantitative estimate of drug-likeness (QED) is 0.194. The Kier molecular flexibility index (Phi) is 11.2. The summed E-state index contributed by atoms with van der Waals surface area (Å²) in [4.78, 5) is 49.2. The number of thiol groups is 1. The number of aliphatic hydroxyl groups excluding tert-OH is 1. The van der Waals surface area contributed by atoms with Crippen molar-refractivity contribution in [1.29, 1.82) is 0 Å². The lowest BCUT2D eigenvalue weighted by Crippen LogP contribution is -2.60. The molecular formula is C21H32N4O6S. The zero-order valence-electron chi connectivity index (χ0n) is 18.3. The van der Waals surface area contributed by atoms with E-state index in [-0.39, 0.29) is 18.1 Å². The van der Waals surface area contributed by atoms with Gasteiger partial charge in [-0.15, -0.1) is 0 Å². The number of hydrogen-bond donors (Lipinski definition) is 7. The van der Waals surface area contributed by atoms with Gasteiger partial charge in [-0.2, -0.15) is 12.6 Å². The van der Waals surface area contributed by atoms with Gasteiger partial charge in [0.25, 0.3) is 0 Å². The van der Waals surface area contributed by atoms with E-state index in [1.165, 1.54) is 6.92 Å². The monoisotopic (exact) mass is 468 g/mol. The van der Waals surface area contributed by atoms with Crippen LogP contribution in [0.4, 0.5) is 0 Å². The molecule has 32 heavy (non-hydrogen) atoms. The van der Waals surface area contributed by atoms with Crippen LogP contribution in [-0.2, 0) is 25.6 Å². The Morgan fingerprint density at radius 3 is 1.97 bits per heavy atom. The summed E-state index contributed by atoms with van der Waals surface area (Å²) in [7, 11) is 0. The van der Waals surface area contributed by atoms with Gasteiger partial charge in [0.15, 0.2) is 0 Å². The number of hydrogen-bond acceptors (Lipinski definition) is 7. The van der Waals surface area contributed by atoms with E-state index < -0.39 is 54.0 Å². The van der Waals surface area contributed by atoms with Gasteiger partial charge in [-0.05, 0) is 18.4 Å². The lowest BCUT2D eigenvalue weighted by molar-refractivity contribution is -0.141. The molecule has 0 aliphatic heterocycles. The van der Waals surface area contributed by atoms with Crippen LogP contribution in [0.5, 0.6) is 0 Å². The number of benzene rings is 1. The molecule has 1 aromatic rings. The molecule has 1 aromatic carbocycles. The summed E-state index contributed by atoms with van der Waals surface area (Å²) in [6.45, 7) is 4.80. The highest BCUT2D eigenvalue weighted by molar-refractivity contribution is 7.80. The summed E-state index contributed by atoms with van der Waals surface area (Å²) in [5, 5.41) is 26.5. The smallest absolute Gasteiger partial charge is 0.327 e. The fourth-order valence-electron chi connectivity index (χ4n) is 2.74. The molecule has 0 bridgehead atoms. The van der Waals surface area contributed by atoms with Crippen molar-refractivity contribution in [2.45, 2.75) is 57.5 Å². The summed E-state index contributed by atoms with van der Waals surface area (Å²) < 4.78 is 0. The van der Waals surface area contributed by atoms with Gasteiger partial charge in [-0.3, -0.25) is 14.4 Å². The van der Waals surface area contributed by atoms with Crippen LogP contribution < -0.4 is 21.7 Å². The number of aliphatic carboxylic acids is 1. The van der Waals surface area contributed by atoms with Gasteiger partial charge >= 0.3 is 5.97 Å². The first-order valence-corrected chi connectivity index (χ1v) is 10.8. The predicted octanol–water partition coefficient (Wildman–Crippen LogP) is -0.938. The normalized spacial score (nSPS) is 15.7. The first kappa shape index (κ1) is 27.4. The summed E-state index contributed by atoms with van der Waals surface area (Å²) in [5.41, 5.74) is 6.52. The highest BCUT2D eigenvalue weighted by atomic mass is 32.1. The fraction of sp³-hybridized carbons (Fsp3) is 0.524. The Bertz CT molecular complexity index is 790. The minimum absolute atomic E-state index is 0.0588. The molecule has 10 nitrogen and oxygen atoms in total. The average molecular weight is 469 g/mol. The molecular weight excluding hydrogens is 436 g/mol. The highest BCUT2D eigenvalue weighted by Crippen LogP contribution is 2.06. The minimum Gasteiger partial charge on any atom is -0.480 e. The third-order valence-electron chi connectivity index (χ3n) is 4.80. The molecule has 0 radical (unpaired) electrons. The zero-order chi connectivity index (χ0) is 24.4. The van der Waals surface area contributed by atoms with Crippen LogP contribution >= 0.6 is 12.6 Å². The molecule has 5 unspecified atom stereocenters. The van der Waals surface area contributed by atoms with Crippen LogP contribution in [0.3, 0.4) is 0 Å². The SMILES string of the molecule is CC(C)C(N)C(=O)NC(C(=O)NC(Cc1ccccc1)C(=O)NC(CS)C(=O)O)C(C)O. The Balaban J connectivity index is 3.06. The standard InChI is InChI=1S/C21H32N4O6S/c1-11(2)16(22)19(28)25-17(12(3)26)20(29)23-14(9-13-7-5-4-6-8-13)18(27)24-15(10-32)21(30)31/h4-8,11-12,14-17,26,32H,9-10,22H2,1-3H3,(H,23,29)(H,24,27)(H,25,28)(H,30,31).